The van der Waals surface area contributed by atoms with Crippen LogP contribution in [0.4, 0.5) is 0 Å². The maximum atomic E-state index is 12.2. The van der Waals surface area contributed by atoms with E-state index >= 15 is 0 Å². The summed E-state index contributed by atoms with van der Waals surface area (Å²) in [7, 11) is 0. The van der Waals surface area contributed by atoms with Crippen molar-refractivity contribution in [1.29, 1.82) is 0 Å². The number of para-hydroxylation sites is 1. The molecule has 0 heterocycles. The van der Waals surface area contributed by atoms with Crippen LogP contribution in [0.25, 0.3) is 0 Å². The fraction of sp³-hybridized carbons (Fsp3) is 0.316. The maximum Gasteiger partial charge on any atom is 0.343 e. The highest BCUT2D eigenvalue weighted by Crippen LogP contribution is 2.37. The van der Waals surface area contributed by atoms with Gasteiger partial charge in [0.2, 0.25) is 0 Å². The second-order valence-electron chi connectivity index (χ2n) is 5.63. The highest BCUT2D eigenvalue weighted by atomic mass is 16.5. The molecule has 2 nitrogen and oxygen atoms in total. The Balaban J connectivity index is 1.80. The fourth-order valence-electron chi connectivity index (χ4n) is 3.06. The molecule has 0 unspecified atom stereocenters. The maximum absolute atomic E-state index is 12.2. The molecule has 0 amide bonds. The molecule has 0 aliphatic heterocycles. The average molecular weight is 280 g/mol. The zero-order valence-corrected chi connectivity index (χ0v) is 12.1. The Morgan fingerprint density at radius 1 is 0.857 bits per heavy atom. The second-order valence-corrected chi connectivity index (χ2v) is 5.63. The van der Waals surface area contributed by atoms with Gasteiger partial charge in [-0.1, -0.05) is 55.7 Å². The van der Waals surface area contributed by atoms with Crippen LogP contribution in [0.2, 0.25) is 0 Å². The number of carbonyl (C=O) groups is 1. The molecule has 0 radical (unpaired) electrons. The first-order valence-corrected chi connectivity index (χ1v) is 7.71. The van der Waals surface area contributed by atoms with Crippen LogP contribution >= 0.6 is 0 Å². The van der Waals surface area contributed by atoms with Crippen molar-refractivity contribution < 1.29 is 9.53 Å². The lowest BCUT2D eigenvalue weighted by Crippen LogP contribution is -2.12. The molecule has 3 rings (SSSR count). The van der Waals surface area contributed by atoms with E-state index in [4.69, 9.17) is 4.74 Å². The number of hydrogen-bond acceptors (Lipinski definition) is 2. The summed E-state index contributed by atoms with van der Waals surface area (Å²) in [4.78, 5) is 12.2. The summed E-state index contributed by atoms with van der Waals surface area (Å²) in [6.45, 7) is 0. The summed E-state index contributed by atoms with van der Waals surface area (Å²) in [6, 6.07) is 17.1. The van der Waals surface area contributed by atoms with Crippen molar-refractivity contribution in [2.24, 2.45) is 0 Å². The molecule has 0 spiro atoms. The van der Waals surface area contributed by atoms with E-state index in [1.807, 2.05) is 36.4 Å². The quantitative estimate of drug-likeness (QED) is 0.587. The summed E-state index contributed by atoms with van der Waals surface area (Å²) < 4.78 is 5.65. The predicted molar refractivity (Wildman–Crippen MR) is 83.7 cm³/mol. The molecular weight excluding hydrogens is 260 g/mol. The molecule has 1 aliphatic carbocycles. The molecular formula is C19H20O2. The molecule has 1 fully saturated rings. The first-order valence-electron chi connectivity index (χ1n) is 7.71. The lowest BCUT2D eigenvalue weighted by Gasteiger charge is -2.23. The summed E-state index contributed by atoms with van der Waals surface area (Å²) in [5, 5.41) is 0. The molecule has 0 N–H and O–H groups in total. The van der Waals surface area contributed by atoms with Gasteiger partial charge in [0.15, 0.2) is 0 Å². The van der Waals surface area contributed by atoms with Gasteiger partial charge in [-0.05, 0) is 42.5 Å². The Morgan fingerprint density at radius 2 is 1.52 bits per heavy atom. The van der Waals surface area contributed by atoms with E-state index in [0.717, 1.165) is 5.75 Å². The van der Waals surface area contributed by atoms with Crippen molar-refractivity contribution in [3.8, 4) is 5.75 Å². The van der Waals surface area contributed by atoms with E-state index in [2.05, 4.69) is 6.07 Å². The molecule has 0 bridgehead atoms. The molecule has 108 valence electrons. The standard InChI is InChI=1S/C19H20O2/c20-19(16-11-5-2-6-12-16)21-18-14-8-7-13-17(18)15-9-3-1-4-10-15/h2,5-8,11-15H,1,3-4,9-10H2. The normalized spacial score (nSPS) is 15.6. The van der Waals surface area contributed by atoms with Gasteiger partial charge in [-0.2, -0.15) is 0 Å². The molecule has 2 heteroatoms. The van der Waals surface area contributed by atoms with Crippen LogP contribution in [0.5, 0.6) is 5.75 Å². The zero-order chi connectivity index (χ0) is 14.5. The summed E-state index contributed by atoms with van der Waals surface area (Å²) in [5.41, 5.74) is 1.78. The predicted octanol–water partition coefficient (Wildman–Crippen LogP) is 4.95. The van der Waals surface area contributed by atoms with Gasteiger partial charge in [0, 0.05) is 0 Å². The first kappa shape index (κ1) is 13.9. The van der Waals surface area contributed by atoms with Crippen molar-refractivity contribution in [3.05, 3.63) is 65.7 Å². The molecule has 0 aromatic heterocycles. The average Bonchev–Trinajstić information content (AvgIpc) is 2.57. The van der Waals surface area contributed by atoms with E-state index in [9.17, 15) is 4.79 Å². The highest BCUT2D eigenvalue weighted by molar-refractivity contribution is 5.91. The van der Waals surface area contributed by atoms with Gasteiger partial charge in [-0.25, -0.2) is 4.79 Å². The molecule has 0 saturated heterocycles. The van der Waals surface area contributed by atoms with Gasteiger partial charge in [0.05, 0.1) is 5.56 Å². The van der Waals surface area contributed by atoms with Gasteiger partial charge in [0.1, 0.15) is 5.75 Å². The summed E-state index contributed by atoms with van der Waals surface area (Å²) in [5.74, 6) is 0.968. The summed E-state index contributed by atoms with van der Waals surface area (Å²) >= 11 is 0. The Bertz CT molecular complexity index is 598. The second kappa shape index (κ2) is 6.57. The monoisotopic (exact) mass is 280 g/mol. The third-order valence-electron chi connectivity index (χ3n) is 4.18. The molecule has 2 aromatic carbocycles. The van der Waals surface area contributed by atoms with Crippen molar-refractivity contribution in [3.63, 3.8) is 0 Å². The number of ether oxygens (including phenoxy) is 1. The van der Waals surface area contributed by atoms with Crippen molar-refractivity contribution in [2.75, 3.05) is 0 Å². The van der Waals surface area contributed by atoms with Crippen molar-refractivity contribution in [1.82, 2.24) is 0 Å². The van der Waals surface area contributed by atoms with Crippen LogP contribution in [0, 0.1) is 0 Å². The third-order valence-corrected chi connectivity index (χ3v) is 4.18. The minimum absolute atomic E-state index is 0.279. The Kier molecular flexibility index (Phi) is 4.34. The van der Waals surface area contributed by atoms with Gasteiger partial charge >= 0.3 is 5.97 Å². The SMILES string of the molecule is O=C(Oc1ccccc1C1CCCCC1)c1ccccc1. The van der Waals surface area contributed by atoms with Crippen LogP contribution in [0.3, 0.4) is 0 Å². The Labute approximate surface area is 125 Å². The zero-order valence-electron chi connectivity index (χ0n) is 12.1. The van der Waals surface area contributed by atoms with Gasteiger partial charge < -0.3 is 4.74 Å². The number of carbonyl (C=O) groups excluding carboxylic acids is 1. The first-order chi connectivity index (χ1) is 10.3. The van der Waals surface area contributed by atoms with E-state index in [-0.39, 0.29) is 5.97 Å². The minimum Gasteiger partial charge on any atom is -0.423 e. The van der Waals surface area contributed by atoms with E-state index < -0.39 is 0 Å². The van der Waals surface area contributed by atoms with E-state index in [1.165, 1.54) is 37.7 Å². The largest absolute Gasteiger partial charge is 0.423 e. The fourth-order valence-corrected chi connectivity index (χ4v) is 3.06. The van der Waals surface area contributed by atoms with Crippen LogP contribution in [-0.4, -0.2) is 5.97 Å². The topological polar surface area (TPSA) is 26.3 Å². The number of esters is 1. The molecule has 2 aromatic rings. The van der Waals surface area contributed by atoms with Crippen LogP contribution in [0.1, 0.15) is 53.9 Å². The third kappa shape index (κ3) is 3.33. The number of benzene rings is 2. The van der Waals surface area contributed by atoms with Gasteiger partial charge in [-0.3, -0.25) is 0 Å². The van der Waals surface area contributed by atoms with Crippen LogP contribution in [-0.2, 0) is 0 Å². The van der Waals surface area contributed by atoms with Crippen molar-refractivity contribution >= 4 is 5.97 Å². The Hall–Kier alpha value is -2.09. The minimum atomic E-state index is -0.279. The Morgan fingerprint density at radius 3 is 2.29 bits per heavy atom. The van der Waals surface area contributed by atoms with E-state index in [1.54, 1.807) is 12.1 Å². The van der Waals surface area contributed by atoms with Gasteiger partial charge in [0.25, 0.3) is 0 Å². The lowest BCUT2D eigenvalue weighted by molar-refractivity contribution is 0.0732. The van der Waals surface area contributed by atoms with E-state index in [0.29, 0.717) is 11.5 Å². The molecule has 21 heavy (non-hydrogen) atoms. The molecule has 1 saturated carbocycles. The highest BCUT2D eigenvalue weighted by Gasteiger charge is 2.20. The summed E-state index contributed by atoms with van der Waals surface area (Å²) in [6.07, 6.45) is 6.25. The number of rotatable bonds is 3. The smallest absolute Gasteiger partial charge is 0.343 e. The van der Waals surface area contributed by atoms with Gasteiger partial charge in [-0.15, -0.1) is 0 Å². The van der Waals surface area contributed by atoms with Crippen LogP contribution in [0.15, 0.2) is 54.6 Å². The lowest BCUT2D eigenvalue weighted by atomic mass is 9.84. The van der Waals surface area contributed by atoms with Crippen molar-refractivity contribution in [2.45, 2.75) is 38.0 Å². The molecule has 0 atom stereocenters. The van der Waals surface area contributed by atoms with Crippen LogP contribution < -0.4 is 4.74 Å². The number of hydrogen-bond donors (Lipinski definition) is 0. The molecule has 1 aliphatic rings.